The van der Waals surface area contributed by atoms with Gasteiger partial charge in [0.05, 0.1) is 0 Å². The van der Waals surface area contributed by atoms with E-state index in [1.807, 2.05) is 30.3 Å². The van der Waals surface area contributed by atoms with Gasteiger partial charge in [-0.2, -0.15) is 0 Å². The van der Waals surface area contributed by atoms with E-state index in [4.69, 9.17) is 16.7 Å². The largest absolute Gasteiger partial charge is 0.480 e. The highest BCUT2D eigenvalue weighted by atomic mass is 35.5. The van der Waals surface area contributed by atoms with Gasteiger partial charge in [-0.15, -0.1) is 0 Å². The number of carboxylic acids is 1. The minimum atomic E-state index is -0.855. The molecule has 1 heterocycles. The maximum atomic E-state index is 11.0. The second kappa shape index (κ2) is 6.50. The van der Waals surface area contributed by atoms with E-state index in [0.717, 1.165) is 16.7 Å². The average Bonchev–Trinajstić information content (AvgIpc) is 2.45. The summed E-state index contributed by atoms with van der Waals surface area (Å²) in [5.41, 5.74) is 2.90. The number of aromatic nitrogens is 1. The fourth-order valence-electron chi connectivity index (χ4n) is 1.97. The first-order chi connectivity index (χ1) is 9.60. The summed E-state index contributed by atoms with van der Waals surface area (Å²) in [5.74, 6) is -0.855. The molecule has 1 aromatic heterocycles. The lowest BCUT2D eigenvalue weighted by Gasteiger charge is -2.12. The molecule has 0 unspecified atom stereocenters. The van der Waals surface area contributed by atoms with Gasteiger partial charge in [-0.25, -0.2) is 4.98 Å². The fourth-order valence-corrected chi connectivity index (χ4v) is 2.08. The van der Waals surface area contributed by atoms with Crippen LogP contribution in [0.5, 0.6) is 0 Å². The lowest BCUT2D eigenvalue weighted by atomic mass is 10.0. The number of benzene rings is 1. The summed E-state index contributed by atoms with van der Waals surface area (Å²) in [5, 5.41) is 12.3. The van der Waals surface area contributed by atoms with E-state index in [-0.39, 0.29) is 0 Å². The molecule has 1 atom stereocenters. The molecule has 2 N–H and O–H groups in total. The second-order valence-electron chi connectivity index (χ2n) is 4.45. The highest BCUT2D eigenvalue weighted by Gasteiger charge is 2.15. The van der Waals surface area contributed by atoms with Gasteiger partial charge < -0.3 is 10.4 Å². The summed E-state index contributed by atoms with van der Waals surface area (Å²) in [6, 6.07) is 10.8. The van der Waals surface area contributed by atoms with Crippen LogP contribution < -0.4 is 5.32 Å². The Morgan fingerprint density at radius 2 is 2.15 bits per heavy atom. The standard InChI is InChI=1S/C15H15ClN2O2/c1-17-13(15(19)20)8-10-3-2-4-11(7-10)12-5-6-14(16)18-9-12/h2-7,9,13,17H,8H2,1H3,(H,19,20)/t13-/m0/s1. The lowest BCUT2D eigenvalue weighted by Crippen LogP contribution is -2.35. The van der Waals surface area contributed by atoms with Crippen molar-refractivity contribution in [1.82, 2.24) is 10.3 Å². The Bertz CT molecular complexity index is 599. The predicted molar refractivity (Wildman–Crippen MR) is 78.9 cm³/mol. The van der Waals surface area contributed by atoms with Crippen LogP contribution in [0.25, 0.3) is 11.1 Å². The van der Waals surface area contributed by atoms with Crippen molar-refractivity contribution in [1.29, 1.82) is 0 Å². The van der Waals surface area contributed by atoms with Crippen molar-refractivity contribution < 1.29 is 9.90 Å². The Kier molecular flexibility index (Phi) is 4.71. The van der Waals surface area contributed by atoms with E-state index < -0.39 is 12.0 Å². The van der Waals surface area contributed by atoms with Crippen molar-refractivity contribution in [2.24, 2.45) is 0 Å². The van der Waals surface area contributed by atoms with Crippen LogP contribution >= 0.6 is 11.6 Å². The maximum absolute atomic E-state index is 11.0. The van der Waals surface area contributed by atoms with Gasteiger partial charge in [0.2, 0.25) is 0 Å². The zero-order valence-electron chi connectivity index (χ0n) is 11.0. The van der Waals surface area contributed by atoms with Crippen LogP contribution in [0.2, 0.25) is 5.15 Å². The molecule has 0 fully saturated rings. The van der Waals surface area contributed by atoms with E-state index in [1.165, 1.54) is 0 Å². The Balaban J connectivity index is 2.23. The number of nitrogens with one attached hydrogen (secondary N) is 1. The number of hydrogen-bond donors (Lipinski definition) is 2. The minimum absolute atomic E-state index is 0.431. The van der Waals surface area contributed by atoms with Gasteiger partial charge in [-0.05, 0) is 36.7 Å². The molecule has 0 radical (unpaired) electrons. The molecular weight excluding hydrogens is 276 g/mol. The zero-order chi connectivity index (χ0) is 14.5. The molecule has 1 aromatic carbocycles. The monoisotopic (exact) mass is 290 g/mol. The minimum Gasteiger partial charge on any atom is -0.480 e. The van der Waals surface area contributed by atoms with Crippen LogP contribution in [-0.2, 0) is 11.2 Å². The summed E-state index contributed by atoms with van der Waals surface area (Å²) >= 11 is 5.77. The molecule has 2 aromatic rings. The van der Waals surface area contributed by atoms with Crippen molar-refractivity contribution in [2.75, 3.05) is 7.05 Å². The van der Waals surface area contributed by atoms with Gasteiger partial charge in [0, 0.05) is 11.8 Å². The molecule has 0 aliphatic rings. The Morgan fingerprint density at radius 1 is 1.35 bits per heavy atom. The van der Waals surface area contributed by atoms with E-state index in [2.05, 4.69) is 10.3 Å². The third kappa shape index (κ3) is 3.56. The van der Waals surface area contributed by atoms with Crippen LogP contribution in [0.1, 0.15) is 5.56 Å². The number of aliphatic carboxylic acids is 1. The molecule has 104 valence electrons. The van der Waals surface area contributed by atoms with Gasteiger partial charge in [0.15, 0.2) is 0 Å². The molecule has 0 bridgehead atoms. The first-order valence-corrected chi connectivity index (χ1v) is 6.59. The molecule has 0 spiro atoms. The summed E-state index contributed by atoms with van der Waals surface area (Å²) in [6.07, 6.45) is 2.13. The van der Waals surface area contributed by atoms with Crippen LogP contribution in [0.3, 0.4) is 0 Å². The number of rotatable bonds is 5. The fraction of sp³-hybridized carbons (Fsp3) is 0.200. The highest BCUT2D eigenvalue weighted by Crippen LogP contribution is 2.21. The van der Waals surface area contributed by atoms with Crippen LogP contribution in [0.15, 0.2) is 42.6 Å². The SMILES string of the molecule is CN[C@@H](Cc1cccc(-c2ccc(Cl)nc2)c1)C(=O)O. The summed E-state index contributed by atoms with van der Waals surface area (Å²) in [7, 11) is 1.64. The third-order valence-corrected chi connectivity index (χ3v) is 3.30. The van der Waals surface area contributed by atoms with Crippen LogP contribution in [-0.4, -0.2) is 29.1 Å². The number of halogens is 1. The second-order valence-corrected chi connectivity index (χ2v) is 4.84. The van der Waals surface area contributed by atoms with E-state index >= 15 is 0 Å². The topological polar surface area (TPSA) is 62.2 Å². The van der Waals surface area contributed by atoms with Crippen molar-refractivity contribution in [3.05, 3.63) is 53.3 Å². The van der Waals surface area contributed by atoms with E-state index in [1.54, 1.807) is 19.3 Å². The lowest BCUT2D eigenvalue weighted by molar-refractivity contribution is -0.139. The Labute approximate surface area is 122 Å². The van der Waals surface area contributed by atoms with E-state index in [9.17, 15) is 4.79 Å². The number of pyridine rings is 1. The molecule has 20 heavy (non-hydrogen) atoms. The highest BCUT2D eigenvalue weighted by molar-refractivity contribution is 6.29. The number of likely N-dealkylation sites (N-methyl/N-ethyl adjacent to an activating group) is 1. The summed E-state index contributed by atoms with van der Waals surface area (Å²) < 4.78 is 0. The third-order valence-electron chi connectivity index (χ3n) is 3.07. The molecule has 0 saturated heterocycles. The summed E-state index contributed by atoms with van der Waals surface area (Å²) in [4.78, 5) is 15.1. The first kappa shape index (κ1) is 14.5. The Hall–Kier alpha value is -1.91. The van der Waals surface area contributed by atoms with Crippen molar-refractivity contribution in [3.8, 4) is 11.1 Å². The first-order valence-electron chi connectivity index (χ1n) is 6.21. The van der Waals surface area contributed by atoms with Crippen molar-refractivity contribution in [2.45, 2.75) is 12.5 Å². The Morgan fingerprint density at radius 3 is 2.75 bits per heavy atom. The number of hydrogen-bond acceptors (Lipinski definition) is 3. The van der Waals surface area contributed by atoms with Crippen LogP contribution in [0.4, 0.5) is 0 Å². The maximum Gasteiger partial charge on any atom is 0.321 e. The molecule has 4 nitrogen and oxygen atoms in total. The number of carboxylic acid groups (broad SMARTS) is 1. The quantitative estimate of drug-likeness (QED) is 0.831. The van der Waals surface area contributed by atoms with Crippen molar-refractivity contribution in [3.63, 3.8) is 0 Å². The molecule has 2 rings (SSSR count). The van der Waals surface area contributed by atoms with Gasteiger partial charge >= 0.3 is 5.97 Å². The molecule has 0 saturated carbocycles. The van der Waals surface area contributed by atoms with Gasteiger partial charge in [-0.1, -0.05) is 35.9 Å². The molecule has 0 aliphatic heterocycles. The average molecular weight is 291 g/mol. The van der Waals surface area contributed by atoms with E-state index in [0.29, 0.717) is 11.6 Å². The molecule has 0 amide bonds. The molecular formula is C15H15ClN2O2. The van der Waals surface area contributed by atoms with Crippen molar-refractivity contribution >= 4 is 17.6 Å². The normalized spacial score (nSPS) is 12.1. The van der Waals surface area contributed by atoms with Gasteiger partial charge in [-0.3, -0.25) is 4.79 Å². The van der Waals surface area contributed by atoms with Gasteiger partial charge in [0.1, 0.15) is 11.2 Å². The predicted octanol–water partition coefficient (Wildman–Crippen LogP) is 2.62. The van der Waals surface area contributed by atoms with Gasteiger partial charge in [0.25, 0.3) is 0 Å². The molecule has 5 heteroatoms. The number of nitrogens with zero attached hydrogens (tertiary/aromatic N) is 1. The summed E-state index contributed by atoms with van der Waals surface area (Å²) in [6.45, 7) is 0. The van der Waals surface area contributed by atoms with Crippen LogP contribution in [0, 0.1) is 0 Å². The number of carbonyl (C=O) groups is 1. The zero-order valence-corrected chi connectivity index (χ0v) is 11.8. The molecule has 0 aliphatic carbocycles. The smallest absolute Gasteiger partial charge is 0.321 e.